The third kappa shape index (κ3) is 6.62. The molecule has 2 N–H and O–H groups in total. The van der Waals surface area contributed by atoms with Crippen molar-refractivity contribution in [1.29, 1.82) is 0 Å². The van der Waals surface area contributed by atoms with E-state index in [-0.39, 0.29) is 18.1 Å². The second kappa shape index (κ2) is 9.27. The fourth-order valence-electron chi connectivity index (χ4n) is 2.47. The van der Waals surface area contributed by atoms with Crippen molar-refractivity contribution in [2.45, 2.75) is 32.8 Å². The van der Waals surface area contributed by atoms with E-state index in [1.807, 2.05) is 13.8 Å². The highest BCUT2D eigenvalue weighted by molar-refractivity contribution is 5.91. The van der Waals surface area contributed by atoms with Gasteiger partial charge in [-0.25, -0.2) is 9.59 Å². The Bertz CT molecular complexity index is 585. The minimum atomic E-state index is -0.507. The van der Waals surface area contributed by atoms with Gasteiger partial charge in [0.25, 0.3) is 0 Å². The first-order valence-corrected chi connectivity index (χ1v) is 8.61. The molecular weight excluding hydrogens is 322 g/mol. The Labute approximate surface area is 148 Å². The van der Waals surface area contributed by atoms with Crippen LogP contribution in [0.1, 0.15) is 26.7 Å². The fourth-order valence-corrected chi connectivity index (χ4v) is 2.47. The van der Waals surface area contributed by atoms with E-state index in [0.717, 1.165) is 19.4 Å². The van der Waals surface area contributed by atoms with Crippen LogP contribution in [0.15, 0.2) is 24.3 Å². The van der Waals surface area contributed by atoms with Gasteiger partial charge >= 0.3 is 12.1 Å². The van der Waals surface area contributed by atoms with E-state index in [0.29, 0.717) is 24.5 Å². The highest BCUT2D eigenvalue weighted by Crippen LogP contribution is 2.17. The molecule has 7 nitrogen and oxygen atoms in total. The lowest BCUT2D eigenvalue weighted by Crippen LogP contribution is -2.37. The summed E-state index contributed by atoms with van der Waals surface area (Å²) in [5.41, 5.74) is 1.17. The molecule has 3 amide bonds. The summed E-state index contributed by atoms with van der Waals surface area (Å²) >= 11 is 0. The quantitative estimate of drug-likeness (QED) is 0.823. The molecule has 7 heteroatoms. The van der Waals surface area contributed by atoms with Crippen LogP contribution in [0.3, 0.4) is 0 Å². The van der Waals surface area contributed by atoms with Crippen molar-refractivity contribution in [1.82, 2.24) is 4.90 Å². The zero-order valence-corrected chi connectivity index (χ0v) is 15.1. The van der Waals surface area contributed by atoms with Crippen LogP contribution in [0.2, 0.25) is 0 Å². The molecule has 1 aromatic rings. The number of nitrogens with zero attached hydrogens (tertiary/aromatic N) is 1. The number of hydrogen-bond donors (Lipinski definition) is 2. The van der Waals surface area contributed by atoms with Crippen LogP contribution >= 0.6 is 0 Å². The summed E-state index contributed by atoms with van der Waals surface area (Å²) in [5.74, 6) is 0.274. The Balaban J connectivity index is 1.85. The van der Waals surface area contributed by atoms with Gasteiger partial charge in [-0.1, -0.05) is 19.9 Å². The lowest BCUT2D eigenvalue weighted by molar-refractivity contribution is 0.0894. The smallest absolute Gasteiger partial charge is 0.411 e. The minimum absolute atomic E-state index is 0.111. The third-order valence-electron chi connectivity index (χ3n) is 3.76. The van der Waals surface area contributed by atoms with Crippen molar-refractivity contribution in [2.75, 3.05) is 37.4 Å². The fraction of sp³-hybridized carbons (Fsp3) is 0.556. The van der Waals surface area contributed by atoms with E-state index in [4.69, 9.17) is 9.47 Å². The van der Waals surface area contributed by atoms with Gasteiger partial charge in [0, 0.05) is 31.6 Å². The number of carbonyl (C=O) groups is 2. The third-order valence-corrected chi connectivity index (χ3v) is 3.76. The normalized spacial score (nSPS) is 16.6. The molecule has 1 aliphatic rings. The van der Waals surface area contributed by atoms with Gasteiger partial charge in [0.1, 0.15) is 0 Å². The molecule has 1 heterocycles. The molecule has 2 rings (SSSR count). The number of nitrogens with one attached hydrogen (secondary N) is 2. The van der Waals surface area contributed by atoms with Crippen molar-refractivity contribution in [2.24, 2.45) is 5.92 Å². The predicted molar refractivity (Wildman–Crippen MR) is 96.9 cm³/mol. The highest BCUT2D eigenvalue weighted by Gasteiger charge is 2.20. The monoisotopic (exact) mass is 349 g/mol. The molecular formula is C18H27N3O4. The molecule has 0 radical (unpaired) electrons. The average Bonchev–Trinajstić information content (AvgIpc) is 3.06. The van der Waals surface area contributed by atoms with Crippen molar-refractivity contribution in [3.63, 3.8) is 0 Å². The molecule has 1 aliphatic heterocycles. The van der Waals surface area contributed by atoms with Crippen LogP contribution in [0.4, 0.5) is 21.0 Å². The maximum atomic E-state index is 12.3. The number of likely N-dealkylation sites (N-methyl/N-ethyl adjacent to an activating group) is 1. The zero-order chi connectivity index (χ0) is 18.2. The van der Waals surface area contributed by atoms with Gasteiger partial charge in [-0.05, 0) is 37.0 Å². The van der Waals surface area contributed by atoms with Crippen LogP contribution in [-0.2, 0) is 9.47 Å². The Morgan fingerprint density at radius 3 is 2.68 bits per heavy atom. The molecule has 0 aliphatic carbocycles. The lowest BCUT2D eigenvalue weighted by atomic mass is 10.2. The molecule has 0 aromatic heterocycles. The van der Waals surface area contributed by atoms with Crippen molar-refractivity contribution < 1.29 is 19.1 Å². The van der Waals surface area contributed by atoms with E-state index in [2.05, 4.69) is 10.6 Å². The Kier molecular flexibility index (Phi) is 7.06. The summed E-state index contributed by atoms with van der Waals surface area (Å²) in [4.78, 5) is 25.6. The molecule has 1 saturated heterocycles. The Morgan fingerprint density at radius 1 is 1.32 bits per heavy atom. The highest BCUT2D eigenvalue weighted by atomic mass is 16.5. The van der Waals surface area contributed by atoms with Crippen molar-refractivity contribution in [3.8, 4) is 0 Å². The van der Waals surface area contributed by atoms with E-state index in [9.17, 15) is 9.59 Å². The Hall–Kier alpha value is -2.28. The topological polar surface area (TPSA) is 79.9 Å². The summed E-state index contributed by atoms with van der Waals surface area (Å²) in [6.07, 6.45) is 1.63. The maximum absolute atomic E-state index is 12.3. The molecule has 0 saturated carbocycles. The molecule has 1 aromatic carbocycles. The number of hydrogen-bond acceptors (Lipinski definition) is 4. The average molecular weight is 349 g/mol. The van der Waals surface area contributed by atoms with Crippen molar-refractivity contribution >= 4 is 23.5 Å². The first-order chi connectivity index (χ1) is 11.9. The summed E-state index contributed by atoms with van der Waals surface area (Å²) in [7, 11) is 1.74. The van der Waals surface area contributed by atoms with Crippen LogP contribution in [-0.4, -0.2) is 49.9 Å². The van der Waals surface area contributed by atoms with E-state index in [1.165, 1.54) is 0 Å². The summed E-state index contributed by atoms with van der Waals surface area (Å²) in [5, 5.41) is 5.47. The molecule has 0 spiro atoms. The molecule has 1 atom stereocenters. The van der Waals surface area contributed by atoms with E-state index in [1.54, 1.807) is 36.2 Å². The lowest BCUT2D eigenvalue weighted by Gasteiger charge is -2.21. The van der Waals surface area contributed by atoms with Gasteiger partial charge in [0.05, 0.1) is 12.7 Å². The second-order valence-corrected chi connectivity index (χ2v) is 6.64. The predicted octanol–water partition coefficient (Wildman–Crippen LogP) is 3.53. The molecule has 1 fully saturated rings. The van der Waals surface area contributed by atoms with E-state index < -0.39 is 6.09 Å². The molecule has 138 valence electrons. The minimum Gasteiger partial charge on any atom is -0.449 e. The first-order valence-electron chi connectivity index (χ1n) is 8.61. The number of urea groups is 1. The molecule has 1 unspecified atom stereocenters. The van der Waals surface area contributed by atoms with E-state index >= 15 is 0 Å². The van der Waals surface area contributed by atoms with Gasteiger partial charge in [-0.3, -0.25) is 5.32 Å². The van der Waals surface area contributed by atoms with Gasteiger partial charge in [0.15, 0.2) is 0 Å². The van der Waals surface area contributed by atoms with Gasteiger partial charge in [-0.15, -0.1) is 0 Å². The standard InChI is InChI=1S/C18H27N3O4/c1-13(2)12-25-18(23)20-15-7-4-6-14(10-15)19-17(22)21(3)11-16-8-5-9-24-16/h4,6-7,10,13,16H,5,8-9,11-12H2,1-3H3,(H,19,22)(H,20,23). The zero-order valence-electron chi connectivity index (χ0n) is 15.1. The summed E-state index contributed by atoms with van der Waals surface area (Å²) in [6, 6.07) is 6.74. The van der Waals surface area contributed by atoms with Crippen LogP contribution in [0.25, 0.3) is 0 Å². The first kappa shape index (κ1) is 19.1. The summed E-state index contributed by atoms with van der Waals surface area (Å²) < 4.78 is 10.6. The van der Waals surface area contributed by atoms with Crippen LogP contribution < -0.4 is 10.6 Å². The van der Waals surface area contributed by atoms with Gasteiger partial charge in [0.2, 0.25) is 0 Å². The second-order valence-electron chi connectivity index (χ2n) is 6.64. The number of ether oxygens (including phenoxy) is 2. The molecule has 25 heavy (non-hydrogen) atoms. The Morgan fingerprint density at radius 2 is 2.04 bits per heavy atom. The number of anilines is 2. The van der Waals surface area contributed by atoms with Gasteiger partial charge in [-0.2, -0.15) is 0 Å². The number of amides is 3. The SMILES string of the molecule is CC(C)COC(=O)Nc1cccc(NC(=O)N(C)CC2CCCO2)c1. The van der Waals surface area contributed by atoms with Gasteiger partial charge < -0.3 is 19.7 Å². The summed E-state index contributed by atoms with van der Waals surface area (Å²) in [6.45, 7) is 5.62. The number of carbonyl (C=O) groups excluding carboxylic acids is 2. The largest absolute Gasteiger partial charge is 0.449 e. The number of rotatable bonds is 6. The van der Waals surface area contributed by atoms with Crippen molar-refractivity contribution in [3.05, 3.63) is 24.3 Å². The van der Waals surface area contributed by atoms with Crippen LogP contribution in [0.5, 0.6) is 0 Å². The maximum Gasteiger partial charge on any atom is 0.411 e. The number of benzene rings is 1. The molecule has 0 bridgehead atoms. The van der Waals surface area contributed by atoms with Crippen LogP contribution in [0, 0.1) is 5.92 Å².